The number of benzene rings is 6. The van der Waals surface area contributed by atoms with Gasteiger partial charge in [-0.15, -0.1) is 0 Å². The van der Waals surface area contributed by atoms with Gasteiger partial charge < -0.3 is 0 Å². The van der Waals surface area contributed by atoms with Gasteiger partial charge in [0.15, 0.2) is 0 Å². The maximum absolute atomic E-state index is 14.2. The normalized spacial score (nSPS) is 13.2. The van der Waals surface area contributed by atoms with Gasteiger partial charge in [0.25, 0.3) is 12.2 Å². The van der Waals surface area contributed by atoms with Crippen molar-refractivity contribution in [2.45, 2.75) is 62.5 Å². The van der Waals surface area contributed by atoms with E-state index in [2.05, 4.69) is 0 Å². The predicted molar refractivity (Wildman–Crippen MR) is 236 cm³/mol. The summed E-state index contributed by atoms with van der Waals surface area (Å²) < 4.78 is 343. The maximum Gasteiger partial charge on any atom is 0.416 e. The second kappa shape index (κ2) is 21.3. The Balaban J connectivity index is 0.000000370. The third kappa shape index (κ3) is 13.8. The Bertz CT molecular complexity index is 3010. The summed E-state index contributed by atoms with van der Waals surface area (Å²) in [6.45, 7) is -0.235. The molecule has 0 aliphatic carbocycles. The van der Waals surface area contributed by atoms with Crippen LogP contribution >= 0.6 is 0 Å². The van der Waals surface area contributed by atoms with Gasteiger partial charge in [0.2, 0.25) is 17.8 Å². The minimum Gasteiger partial charge on any atom is -0.287 e. The molecule has 0 aliphatic heterocycles. The summed E-state index contributed by atoms with van der Waals surface area (Å²) >= 11 is 0. The molecule has 426 valence electrons. The first-order valence-corrected chi connectivity index (χ1v) is 21.9. The number of fused-ring (bicyclic) bond motifs is 1. The maximum atomic E-state index is 14.2. The van der Waals surface area contributed by atoms with Crippen LogP contribution in [0.15, 0.2) is 140 Å². The minimum atomic E-state index is -6.13. The molecule has 30 heteroatoms. The van der Waals surface area contributed by atoms with E-state index in [9.17, 15) is 120 Å². The van der Waals surface area contributed by atoms with Gasteiger partial charge in [-0.2, -0.15) is 132 Å². The van der Waals surface area contributed by atoms with Crippen molar-refractivity contribution in [1.29, 1.82) is 0 Å². The highest BCUT2D eigenvalue weighted by Crippen LogP contribution is 2.41. The molecule has 0 aliphatic rings. The van der Waals surface area contributed by atoms with Gasteiger partial charge in [-0.1, -0.05) is 91.0 Å². The molecule has 80 heavy (non-hydrogen) atoms. The molecule has 0 radical (unpaired) electrons. The lowest BCUT2D eigenvalue weighted by atomic mass is 9.12. The number of carbonyl (C=O) groups is 1. The number of Topliss-reactive ketones (excluding diaryl/α,β-unsaturated/α-hetero) is 1. The average Bonchev–Trinajstić information content (AvgIpc) is 3.33. The number of hydrogen-bond acceptors (Lipinski definition) is 3. The summed E-state index contributed by atoms with van der Waals surface area (Å²) in [6.07, 6.45) is -54.8. The molecule has 7 aromatic rings. The second-order valence-electron chi connectivity index (χ2n) is 17.5. The van der Waals surface area contributed by atoms with Gasteiger partial charge in [0.05, 0.1) is 44.5 Å². The molecule has 0 fully saturated rings. The third-order valence-corrected chi connectivity index (χ3v) is 12.2. The Morgan fingerprint density at radius 2 is 0.662 bits per heavy atom. The zero-order chi connectivity index (χ0) is 60.1. The highest BCUT2D eigenvalue weighted by Gasteiger charge is 2.47. The van der Waals surface area contributed by atoms with Gasteiger partial charge in [-0.25, -0.2) is 0 Å². The molecule has 7 rings (SSSR count). The van der Waals surface area contributed by atoms with Crippen molar-refractivity contribution >= 4 is 44.7 Å². The number of hydrogen-bond donors (Lipinski definition) is 0. The third-order valence-electron chi connectivity index (χ3n) is 12.2. The standard InChI is InChI=1S/C32H12BF24.C18H15N2O3/c34-25(35,36)13-1-14(26(37,38)39)6-21(5-13)33(22-7-15(27(40,41)42)2-16(8-22)28(43,44)45,23-9-17(29(46,47)48)3-18(10-23)30(49,50)51)24-11-19(31(52,53)54)4-20(12-24)32(55,56)57;21-18(15-7-2-1-3-8-15)13-19-16(12-20(22)23)11-10-14-6-4-5-9-17(14)19/h1-12H;1-11H,12-13H2/q-1;+1. The summed E-state index contributed by atoms with van der Waals surface area (Å²) in [4.78, 5) is 23.0. The van der Waals surface area contributed by atoms with Crippen LogP contribution in [0.5, 0.6) is 0 Å². The Labute approximate surface area is 431 Å². The molecule has 5 nitrogen and oxygen atoms in total. The van der Waals surface area contributed by atoms with E-state index < -0.39 is 195 Å². The number of para-hydroxylation sites is 1. The van der Waals surface area contributed by atoms with Crippen LogP contribution in [0.2, 0.25) is 0 Å². The molecule has 0 spiro atoms. The van der Waals surface area contributed by atoms with Crippen LogP contribution < -0.4 is 26.4 Å². The number of pyridine rings is 1. The molecule has 0 unspecified atom stereocenters. The fourth-order valence-electron chi connectivity index (χ4n) is 8.69. The lowest BCUT2D eigenvalue weighted by Crippen LogP contribution is -2.75. The molecular formula is C50H27BF24N2O3. The number of nitrogens with zero attached hydrogens (tertiary/aromatic N) is 2. The van der Waals surface area contributed by atoms with Crippen molar-refractivity contribution in [1.82, 2.24) is 0 Å². The van der Waals surface area contributed by atoms with E-state index in [1.54, 1.807) is 34.9 Å². The summed E-state index contributed by atoms with van der Waals surface area (Å²) in [5, 5.41) is 11.9. The lowest BCUT2D eigenvalue weighted by Gasteiger charge is -2.46. The second-order valence-corrected chi connectivity index (χ2v) is 17.5. The van der Waals surface area contributed by atoms with Gasteiger partial charge in [0.1, 0.15) is 6.15 Å². The van der Waals surface area contributed by atoms with Crippen molar-refractivity contribution in [2.24, 2.45) is 0 Å². The van der Waals surface area contributed by atoms with E-state index in [1.165, 1.54) is 0 Å². The monoisotopic (exact) mass is 1170 g/mol. The Kier molecular flexibility index (Phi) is 16.4. The molecule has 0 bridgehead atoms. The highest BCUT2D eigenvalue weighted by molar-refractivity contribution is 7.20. The molecule has 0 N–H and O–H groups in total. The number of rotatable bonds is 9. The van der Waals surface area contributed by atoms with Crippen LogP contribution in [-0.4, -0.2) is 16.9 Å². The zero-order valence-corrected chi connectivity index (χ0v) is 39.0. The van der Waals surface area contributed by atoms with Gasteiger partial charge >= 0.3 is 49.4 Å². The fourth-order valence-corrected chi connectivity index (χ4v) is 8.69. The first-order chi connectivity index (χ1) is 36.4. The largest absolute Gasteiger partial charge is 0.416 e. The van der Waals surface area contributed by atoms with Gasteiger partial charge in [-0.05, 0) is 36.4 Å². The number of carbonyl (C=O) groups excluding carboxylic acids is 1. The Hall–Kier alpha value is -7.82. The number of alkyl halides is 24. The van der Waals surface area contributed by atoms with Crippen LogP contribution in [0.1, 0.15) is 60.6 Å². The van der Waals surface area contributed by atoms with Crippen LogP contribution in [0, 0.1) is 10.1 Å². The summed E-state index contributed by atoms with van der Waals surface area (Å²) in [5.41, 5.74) is -28.3. The van der Waals surface area contributed by atoms with E-state index in [0.717, 1.165) is 10.9 Å². The van der Waals surface area contributed by atoms with E-state index >= 15 is 0 Å². The van der Waals surface area contributed by atoms with Crippen molar-refractivity contribution in [3.8, 4) is 0 Å². The highest BCUT2D eigenvalue weighted by atomic mass is 19.4. The van der Waals surface area contributed by atoms with Gasteiger partial charge in [-0.3, -0.25) is 14.9 Å². The Morgan fingerprint density at radius 1 is 0.388 bits per heavy atom. The quantitative estimate of drug-likeness (QED) is 0.0361. The predicted octanol–water partition coefficient (Wildman–Crippen LogP) is 14.0. The molecule has 0 amide bonds. The van der Waals surface area contributed by atoms with E-state index in [-0.39, 0.29) is 23.8 Å². The molecule has 0 saturated heterocycles. The molecule has 0 atom stereocenters. The van der Waals surface area contributed by atoms with Crippen LogP contribution in [0.4, 0.5) is 105 Å². The molecule has 1 heterocycles. The smallest absolute Gasteiger partial charge is 0.287 e. The molecule has 0 saturated carbocycles. The lowest BCUT2D eigenvalue weighted by molar-refractivity contribution is -0.680. The molecular weight excluding hydrogens is 1140 g/mol. The summed E-state index contributed by atoms with van der Waals surface area (Å²) in [6, 6.07) is 11.3. The molecule has 1 aromatic heterocycles. The van der Waals surface area contributed by atoms with E-state index in [1.807, 2.05) is 36.4 Å². The van der Waals surface area contributed by atoms with E-state index in [0.29, 0.717) is 11.3 Å². The first kappa shape index (κ1) is 61.4. The van der Waals surface area contributed by atoms with Crippen LogP contribution in [0.3, 0.4) is 0 Å². The van der Waals surface area contributed by atoms with Crippen LogP contribution in [0.25, 0.3) is 10.9 Å². The SMILES string of the molecule is FC(F)(F)c1cc([B-](c2cc(C(F)(F)F)cc(C(F)(F)F)c2)(c2cc(C(F)(F)F)cc(C(F)(F)F)c2)c2cc(C(F)(F)F)cc(C(F)(F)F)c2)cc(C(F)(F)F)c1.O=C(C[n+]1c(C[N+](=O)[O-])ccc2ccccc21)c1ccccc1. The van der Waals surface area contributed by atoms with Crippen molar-refractivity contribution in [3.63, 3.8) is 0 Å². The summed E-state index contributed by atoms with van der Waals surface area (Å²) in [7, 11) is 0. The van der Waals surface area contributed by atoms with Crippen molar-refractivity contribution in [3.05, 3.63) is 205 Å². The topological polar surface area (TPSA) is 64.1 Å². The summed E-state index contributed by atoms with van der Waals surface area (Å²) in [5.74, 6) is -0.0726. The number of nitro groups is 1. The zero-order valence-electron chi connectivity index (χ0n) is 39.0. The van der Waals surface area contributed by atoms with Crippen molar-refractivity contribution in [2.75, 3.05) is 0 Å². The molecule has 6 aromatic carbocycles. The minimum absolute atomic E-state index is 0.0726. The van der Waals surface area contributed by atoms with Crippen molar-refractivity contribution < 1.29 is 120 Å². The van der Waals surface area contributed by atoms with Gasteiger partial charge in [0, 0.05) is 28.0 Å². The Morgan fingerprint density at radius 3 is 0.938 bits per heavy atom. The first-order valence-electron chi connectivity index (χ1n) is 21.9. The fraction of sp³-hybridized carbons (Fsp3) is 0.200. The number of halogens is 24. The number of ketones is 1. The average molecular weight is 1170 g/mol. The van der Waals surface area contributed by atoms with Crippen LogP contribution in [-0.2, 0) is 62.5 Å². The van der Waals surface area contributed by atoms with E-state index in [4.69, 9.17) is 0 Å². The number of aromatic nitrogens is 1.